The van der Waals surface area contributed by atoms with Crippen LogP contribution in [0.4, 0.5) is 10.3 Å². The SMILES string of the molecule is Nc1nc2c(ncn2[C@@H]2O[C@H](COC=O)[C@@H](F)[C@H]2OP(O)(=S)OCc2nc3cncnc3n2CCOPS)c(=O)[nH]1. The number of aromatic nitrogens is 8. The molecule has 1 saturated heterocycles. The number of nitrogens with two attached hydrogens (primary N) is 1. The van der Waals surface area contributed by atoms with Crippen LogP contribution in [0.3, 0.4) is 0 Å². The van der Waals surface area contributed by atoms with Crippen LogP contribution in [0.1, 0.15) is 12.1 Å². The Labute approximate surface area is 241 Å². The first kappa shape index (κ1) is 29.8. The molecule has 22 heteroatoms. The van der Waals surface area contributed by atoms with E-state index in [4.69, 9.17) is 35.8 Å². The molecule has 6 atom stereocenters. The van der Waals surface area contributed by atoms with E-state index in [9.17, 15) is 14.5 Å². The summed E-state index contributed by atoms with van der Waals surface area (Å²) < 4.78 is 45.4. The minimum absolute atomic E-state index is 0.0248. The molecule has 0 bridgehead atoms. The summed E-state index contributed by atoms with van der Waals surface area (Å²) in [6, 6.07) is 0. The number of H-pyrrole nitrogens is 1. The maximum Gasteiger partial charge on any atom is 0.325 e. The Balaban J connectivity index is 1.40. The van der Waals surface area contributed by atoms with Gasteiger partial charge >= 0.3 is 6.72 Å². The van der Waals surface area contributed by atoms with Gasteiger partial charge in [0.1, 0.15) is 43.1 Å². The maximum atomic E-state index is 15.6. The molecule has 2 unspecified atom stereocenters. The van der Waals surface area contributed by atoms with Gasteiger partial charge in [-0.1, -0.05) is 0 Å². The summed E-state index contributed by atoms with van der Waals surface area (Å²) in [7, 11) is -0.0248. The molecule has 0 amide bonds. The van der Waals surface area contributed by atoms with Crippen molar-refractivity contribution in [2.75, 3.05) is 18.9 Å². The summed E-state index contributed by atoms with van der Waals surface area (Å²) in [5.41, 5.74) is 5.85. The summed E-state index contributed by atoms with van der Waals surface area (Å²) in [4.78, 5) is 56.9. The molecule has 4 aromatic heterocycles. The van der Waals surface area contributed by atoms with Crippen molar-refractivity contribution in [3.8, 4) is 0 Å². The van der Waals surface area contributed by atoms with Gasteiger partial charge in [0.15, 0.2) is 29.2 Å². The summed E-state index contributed by atoms with van der Waals surface area (Å²) in [6.07, 6.45) is -2.21. The highest BCUT2D eigenvalue weighted by atomic mass is 32.7. The number of nitrogens with zero attached hydrogens (tertiary/aromatic N) is 7. The van der Waals surface area contributed by atoms with Crippen LogP contribution >= 0.6 is 27.0 Å². The third-order valence-electron chi connectivity index (χ3n) is 5.90. The van der Waals surface area contributed by atoms with Crippen molar-refractivity contribution in [3.63, 3.8) is 0 Å². The molecule has 220 valence electrons. The quantitative estimate of drug-likeness (QED) is 0.0672. The van der Waals surface area contributed by atoms with E-state index in [1.165, 1.54) is 23.4 Å². The lowest BCUT2D eigenvalue weighted by Crippen LogP contribution is -2.32. The fourth-order valence-corrected chi connectivity index (χ4v) is 5.98. The highest BCUT2D eigenvalue weighted by Crippen LogP contribution is 2.50. The number of nitrogen functional groups attached to an aromatic ring is 1. The van der Waals surface area contributed by atoms with Crippen LogP contribution in [0.2, 0.25) is 0 Å². The number of thiol groups is 1. The van der Waals surface area contributed by atoms with Gasteiger partial charge in [-0.25, -0.2) is 24.3 Å². The first-order chi connectivity index (χ1) is 19.7. The van der Waals surface area contributed by atoms with Crippen LogP contribution in [-0.2, 0) is 52.8 Å². The van der Waals surface area contributed by atoms with Gasteiger partial charge in [0.25, 0.3) is 12.0 Å². The number of anilines is 1. The minimum Gasteiger partial charge on any atom is -0.465 e. The van der Waals surface area contributed by atoms with E-state index < -0.39 is 43.5 Å². The molecule has 4 N–H and O–H groups in total. The van der Waals surface area contributed by atoms with Crippen molar-refractivity contribution in [2.45, 2.75) is 37.8 Å². The number of ether oxygens (including phenoxy) is 2. The van der Waals surface area contributed by atoms with Crippen molar-refractivity contribution in [1.82, 2.24) is 39.0 Å². The topological polar surface area (TPSA) is 217 Å². The van der Waals surface area contributed by atoms with E-state index in [-0.39, 0.29) is 38.2 Å². The fourth-order valence-electron chi connectivity index (χ4n) is 4.20. The molecule has 0 aromatic carbocycles. The number of imidazole rings is 2. The average Bonchev–Trinajstić information content (AvgIpc) is 3.60. The van der Waals surface area contributed by atoms with Crippen molar-refractivity contribution in [2.24, 2.45) is 0 Å². The zero-order valence-electron chi connectivity index (χ0n) is 20.6. The summed E-state index contributed by atoms with van der Waals surface area (Å²) in [5.74, 6) is 0.104. The predicted molar refractivity (Wildman–Crippen MR) is 148 cm³/mol. The molecular weight excluding hydrogens is 627 g/mol. The monoisotopic (exact) mass is 649 g/mol. The molecule has 17 nitrogen and oxygen atoms in total. The van der Waals surface area contributed by atoms with Gasteiger partial charge in [-0.05, 0) is 11.8 Å². The molecule has 0 saturated carbocycles. The van der Waals surface area contributed by atoms with E-state index in [1.54, 1.807) is 4.57 Å². The molecule has 41 heavy (non-hydrogen) atoms. The van der Waals surface area contributed by atoms with Crippen LogP contribution in [0.5, 0.6) is 0 Å². The third-order valence-corrected chi connectivity index (χ3v) is 8.16. The first-order valence-electron chi connectivity index (χ1n) is 11.6. The lowest BCUT2D eigenvalue weighted by atomic mass is 10.1. The van der Waals surface area contributed by atoms with Crippen molar-refractivity contribution in [3.05, 3.63) is 35.0 Å². The van der Waals surface area contributed by atoms with Crippen LogP contribution in [0.15, 0.2) is 23.6 Å². The van der Waals surface area contributed by atoms with Gasteiger partial charge in [0.05, 0.1) is 27.1 Å². The number of hydrogen-bond acceptors (Lipinski definition) is 15. The Hall–Kier alpha value is -2.67. The number of aromatic amines is 1. The minimum atomic E-state index is -4.19. The van der Waals surface area contributed by atoms with Gasteiger partial charge < -0.3 is 33.7 Å². The molecule has 5 rings (SSSR count). The standard InChI is InChI=1S/C19H22FN9O8P2S2/c20-12-10(4-33-8-30)36-18(29-7-24-13-16(29)26-19(21)27-17(13)31)14(12)37-39(32,41)35-5-11-25-9-3-22-6-23-15(9)28(11)1-2-34-38-40/h3,6-8,10,12,14,18,38,40H,1-2,4-5H2,(H,32,41)(H3,21,26,27,31)/t10-,12-,14-,18-,39?/m1/s1. The van der Waals surface area contributed by atoms with Gasteiger partial charge in [-0.2, -0.15) is 4.98 Å². The normalized spacial score (nSPS) is 22.6. The number of fused-ring (bicyclic) bond motifs is 2. The Morgan fingerprint density at radius 1 is 1.37 bits per heavy atom. The van der Waals surface area contributed by atoms with E-state index in [1.807, 2.05) is 0 Å². The van der Waals surface area contributed by atoms with Gasteiger partial charge in [-0.3, -0.25) is 23.7 Å². The molecule has 0 radical (unpaired) electrons. The fraction of sp³-hybridized carbons (Fsp3) is 0.421. The van der Waals surface area contributed by atoms with Crippen LogP contribution in [-0.4, -0.2) is 82.0 Å². The summed E-state index contributed by atoms with van der Waals surface area (Å²) >= 11 is 9.26. The third kappa shape index (κ3) is 6.40. The molecule has 1 fully saturated rings. The van der Waals surface area contributed by atoms with Crippen LogP contribution < -0.4 is 11.3 Å². The second-order valence-corrected chi connectivity index (χ2v) is 12.2. The number of carbonyl (C=O) groups excluding carboxylic acids is 1. The number of alkyl halides is 1. The predicted octanol–water partition coefficient (Wildman–Crippen LogP) is 0.524. The highest BCUT2D eigenvalue weighted by molar-refractivity contribution is 8.36. The van der Waals surface area contributed by atoms with Crippen molar-refractivity contribution >= 4 is 73.5 Å². The van der Waals surface area contributed by atoms with Gasteiger partial charge in [0.2, 0.25) is 5.95 Å². The van der Waals surface area contributed by atoms with E-state index in [0.29, 0.717) is 30.1 Å². The zero-order valence-corrected chi connectivity index (χ0v) is 24.2. The number of rotatable bonds is 13. The van der Waals surface area contributed by atoms with Gasteiger partial charge in [0, 0.05) is 6.54 Å². The molecule has 4 aromatic rings. The number of hydrogen-bond donors (Lipinski definition) is 4. The Morgan fingerprint density at radius 2 is 2.20 bits per heavy atom. The molecule has 1 aliphatic rings. The molecule has 0 spiro atoms. The summed E-state index contributed by atoms with van der Waals surface area (Å²) in [6.45, 7) is -4.23. The Bertz CT molecular complexity index is 1660. The molecule has 0 aliphatic carbocycles. The lowest BCUT2D eigenvalue weighted by Gasteiger charge is -2.25. The van der Waals surface area contributed by atoms with E-state index >= 15 is 4.39 Å². The lowest BCUT2D eigenvalue weighted by molar-refractivity contribution is -0.134. The highest BCUT2D eigenvalue weighted by Gasteiger charge is 2.50. The Morgan fingerprint density at radius 3 is 2.98 bits per heavy atom. The second kappa shape index (κ2) is 12.7. The van der Waals surface area contributed by atoms with E-state index in [2.05, 4.69) is 46.9 Å². The molecule has 1 aliphatic heterocycles. The van der Waals surface area contributed by atoms with Crippen LogP contribution in [0.25, 0.3) is 22.3 Å². The second-order valence-electron chi connectivity index (χ2n) is 8.38. The zero-order chi connectivity index (χ0) is 29.1. The molecule has 5 heterocycles. The smallest absolute Gasteiger partial charge is 0.325 e. The molecular formula is C19H22FN9O8P2S2. The largest absolute Gasteiger partial charge is 0.465 e. The number of halogens is 1. The van der Waals surface area contributed by atoms with Crippen molar-refractivity contribution in [1.29, 1.82) is 0 Å². The number of carbonyl (C=O) groups is 1. The van der Waals surface area contributed by atoms with Gasteiger partial charge in [-0.15, -0.1) is 12.2 Å². The van der Waals surface area contributed by atoms with E-state index in [0.717, 1.165) is 0 Å². The van der Waals surface area contributed by atoms with Crippen LogP contribution in [0, 0.1) is 0 Å². The number of nitrogens with one attached hydrogen (secondary N) is 1. The first-order valence-corrected chi connectivity index (χ1v) is 16.4. The maximum absolute atomic E-state index is 15.6. The average molecular weight is 650 g/mol. The van der Waals surface area contributed by atoms with Crippen molar-refractivity contribution < 1.29 is 37.1 Å². The Kier molecular flexibility index (Phi) is 9.22. The summed E-state index contributed by atoms with van der Waals surface area (Å²) in [5, 5.41) is 0.